The maximum absolute atomic E-state index is 12.3. The van der Waals surface area contributed by atoms with Gasteiger partial charge in [-0.1, -0.05) is 29.8 Å². The zero-order chi connectivity index (χ0) is 18.9. The Bertz CT molecular complexity index is 742. The summed E-state index contributed by atoms with van der Waals surface area (Å²) in [5.41, 5.74) is 2.87. The number of carbonyl (C=O) groups is 2. The third-order valence-electron chi connectivity index (χ3n) is 3.90. The molecule has 0 bridgehead atoms. The summed E-state index contributed by atoms with van der Waals surface area (Å²) in [7, 11) is 3.98. The van der Waals surface area contributed by atoms with Gasteiger partial charge in [0.05, 0.1) is 0 Å². The highest BCUT2D eigenvalue weighted by Crippen LogP contribution is 2.05. The van der Waals surface area contributed by atoms with Gasteiger partial charge in [-0.25, -0.2) is 0 Å². The molecule has 0 fully saturated rings. The fraction of sp³-hybridized carbons (Fsp3) is 0.350. The van der Waals surface area contributed by atoms with E-state index in [0.717, 1.165) is 18.5 Å². The summed E-state index contributed by atoms with van der Waals surface area (Å²) in [5.74, 6) is -0.494. The molecule has 0 radical (unpaired) electrons. The molecule has 0 atom stereocenters. The Hall–Kier alpha value is -2.73. The van der Waals surface area contributed by atoms with Crippen molar-refractivity contribution in [3.63, 3.8) is 0 Å². The lowest BCUT2D eigenvalue weighted by atomic mass is 10.1. The molecule has 26 heavy (non-hydrogen) atoms. The molecule has 2 aromatic rings. The van der Waals surface area contributed by atoms with E-state index in [1.165, 1.54) is 17.8 Å². The van der Waals surface area contributed by atoms with E-state index in [0.29, 0.717) is 18.7 Å². The lowest BCUT2D eigenvalue weighted by Gasteiger charge is -2.10. The van der Waals surface area contributed by atoms with Gasteiger partial charge in [0.25, 0.3) is 11.8 Å². The Morgan fingerprint density at radius 3 is 2.46 bits per heavy atom. The summed E-state index contributed by atoms with van der Waals surface area (Å²) < 4.78 is 0. The van der Waals surface area contributed by atoms with E-state index in [-0.39, 0.29) is 17.5 Å². The van der Waals surface area contributed by atoms with Crippen molar-refractivity contribution >= 4 is 11.8 Å². The van der Waals surface area contributed by atoms with Crippen LogP contribution in [0.2, 0.25) is 0 Å². The first-order chi connectivity index (χ1) is 12.5. The molecule has 1 heterocycles. The van der Waals surface area contributed by atoms with E-state index in [4.69, 9.17) is 0 Å². The predicted molar refractivity (Wildman–Crippen MR) is 102 cm³/mol. The predicted octanol–water partition coefficient (Wildman–Crippen LogP) is 2.00. The zero-order valence-electron chi connectivity index (χ0n) is 15.6. The third kappa shape index (κ3) is 6.29. The highest BCUT2D eigenvalue weighted by Gasteiger charge is 2.11. The Kier molecular flexibility index (Phi) is 7.29. The van der Waals surface area contributed by atoms with Crippen LogP contribution in [0.1, 0.15) is 38.4 Å². The Morgan fingerprint density at radius 2 is 1.77 bits per heavy atom. The van der Waals surface area contributed by atoms with E-state index in [1.54, 1.807) is 6.07 Å². The van der Waals surface area contributed by atoms with Crippen molar-refractivity contribution in [2.24, 2.45) is 0 Å². The summed E-state index contributed by atoms with van der Waals surface area (Å²) >= 11 is 0. The quantitative estimate of drug-likeness (QED) is 0.711. The topological polar surface area (TPSA) is 74.3 Å². The van der Waals surface area contributed by atoms with Crippen molar-refractivity contribution in [1.29, 1.82) is 0 Å². The summed E-state index contributed by atoms with van der Waals surface area (Å²) in [4.78, 5) is 30.6. The maximum atomic E-state index is 12.3. The Balaban J connectivity index is 1.89. The number of hydrogen-bond acceptors (Lipinski definition) is 4. The molecule has 0 saturated heterocycles. The molecule has 2 amide bonds. The highest BCUT2D eigenvalue weighted by atomic mass is 16.2. The summed E-state index contributed by atoms with van der Waals surface area (Å²) in [6.45, 7) is 3.93. The van der Waals surface area contributed by atoms with Crippen LogP contribution in [0.4, 0.5) is 0 Å². The number of pyridine rings is 1. The first-order valence-corrected chi connectivity index (χ1v) is 8.68. The fourth-order valence-electron chi connectivity index (χ4n) is 2.37. The number of rotatable bonds is 8. The monoisotopic (exact) mass is 354 g/mol. The minimum Gasteiger partial charge on any atom is -0.351 e. The maximum Gasteiger partial charge on any atom is 0.269 e. The van der Waals surface area contributed by atoms with E-state index in [9.17, 15) is 9.59 Å². The number of aromatic nitrogens is 1. The average molecular weight is 354 g/mol. The van der Waals surface area contributed by atoms with Gasteiger partial charge < -0.3 is 15.5 Å². The van der Waals surface area contributed by atoms with Gasteiger partial charge in [-0.05, 0) is 51.7 Å². The molecular weight excluding hydrogens is 328 g/mol. The molecule has 0 spiro atoms. The molecule has 6 nitrogen and oxygen atoms in total. The first kappa shape index (κ1) is 19.6. The van der Waals surface area contributed by atoms with Crippen LogP contribution in [-0.2, 0) is 6.54 Å². The number of nitrogens with one attached hydrogen (secondary N) is 2. The smallest absolute Gasteiger partial charge is 0.269 e. The molecule has 0 unspecified atom stereocenters. The van der Waals surface area contributed by atoms with Crippen molar-refractivity contribution in [2.45, 2.75) is 19.9 Å². The number of amides is 2. The normalized spacial score (nSPS) is 10.6. The van der Waals surface area contributed by atoms with Crippen LogP contribution in [0.15, 0.2) is 42.6 Å². The van der Waals surface area contributed by atoms with Crippen molar-refractivity contribution < 1.29 is 9.59 Å². The van der Waals surface area contributed by atoms with Gasteiger partial charge in [0.1, 0.15) is 5.69 Å². The van der Waals surface area contributed by atoms with E-state index in [1.807, 2.05) is 45.3 Å². The molecule has 138 valence electrons. The molecule has 0 aliphatic heterocycles. The van der Waals surface area contributed by atoms with Crippen molar-refractivity contribution in [3.8, 4) is 0 Å². The van der Waals surface area contributed by atoms with Gasteiger partial charge in [0.2, 0.25) is 0 Å². The second kappa shape index (κ2) is 9.68. The molecule has 1 aromatic heterocycles. The minimum atomic E-state index is -0.267. The van der Waals surface area contributed by atoms with Crippen LogP contribution >= 0.6 is 0 Å². The molecule has 1 aromatic carbocycles. The van der Waals surface area contributed by atoms with Crippen molar-refractivity contribution in [3.05, 3.63) is 65.0 Å². The molecule has 0 saturated carbocycles. The Labute approximate surface area is 154 Å². The van der Waals surface area contributed by atoms with E-state index < -0.39 is 0 Å². The lowest BCUT2D eigenvalue weighted by Crippen LogP contribution is -2.28. The van der Waals surface area contributed by atoms with Gasteiger partial charge >= 0.3 is 0 Å². The molecule has 6 heteroatoms. The number of nitrogens with zero attached hydrogens (tertiary/aromatic N) is 2. The van der Waals surface area contributed by atoms with Crippen LogP contribution in [0.5, 0.6) is 0 Å². The number of benzene rings is 1. The Morgan fingerprint density at radius 1 is 1.04 bits per heavy atom. The van der Waals surface area contributed by atoms with Gasteiger partial charge in [0.15, 0.2) is 0 Å². The number of carbonyl (C=O) groups excluding carboxylic acids is 2. The SMILES string of the molecule is Cc1ccc(CNC(=O)c2ccnc(C(=O)NCCCN(C)C)c2)cc1. The van der Waals surface area contributed by atoms with Gasteiger partial charge in [-0.15, -0.1) is 0 Å². The second-order valence-electron chi connectivity index (χ2n) is 6.51. The molecular formula is C20H26N4O2. The summed E-state index contributed by atoms with van der Waals surface area (Å²) in [6, 6.07) is 11.1. The summed E-state index contributed by atoms with van der Waals surface area (Å²) in [5, 5.41) is 5.69. The molecule has 0 aliphatic carbocycles. The van der Waals surface area contributed by atoms with Crippen LogP contribution in [0.3, 0.4) is 0 Å². The molecule has 0 aliphatic rings. The number of aryl methyl sites for hydroxylation is 1. The van der Waals surface area contributed by atoms with E-state index >= 15 is 0 Å². The van der Waals surface area contributed by atoms with Crippen molar-refractivity contribution in [1.82, 2.24) is 20.5 Å². The van der Waals surface area contributed by atoms with Crippen LogP contribution in [-0.4, -0.2) is 48.9 Å². The average Bonchev–Trinajstić information content (AvgIpc) is 2.64. The number of hydrogen-bond donors (Lipinski definition) is 2. The van der Waals surface area contributed by atoms with Gasteiger partial charge in [0, 0.05) is 24.8 Å². The fourth-order valence-corrected chi connectivity index (χ4v) is 2.37. The minimum absolute atomic E-state index is 0.227. The zero-order valence-corrected chi connectivity index (χ0v) is 15.6. The van der Waals surface area contributed by atoms with Crippen molar-refractivity contribution in [2.75, 3.05) is 27.2 Å². The second-order valence-corrected chi connectivity index (χ2v) is 6.51. The standard InChI is InChI=1S/C20H26N4O2/c1-15-5-7-16(8-6-15)14-23-19(25)17-9-11-21-18(13-17)20(26)22-10-4-12-24(2)3/h5-9,11,13H,4,10,12,14H2,1-3H3,(H,22,26)(H,23,25). The highest BCUT2D eigenvalue weighted by molar-refractivity contribution is 5.98. The largest absolute Gasteiger partial charge is 0.351 e. The van der Waals surface area contributed by atoms with Crippen LogP contribution in [0.25, 0.3) is 0 Å². The summed E-state index contributed by atoms with van der Waals surface area (Å²) in [6.07, 6.45) is 2.34. The van der Waals surface area contributed by atoms with Gasteiger partial charge in [-0.3, -0.25) is 14.6 Å². The third-order valence-corrected chi connectivity index (χ3v) is 3.90. The van der Waals surface area contributed by atoms with Crippen LogP contribution in [0, 0.1) is 6.92 Å². The van der Waals surface area contributed by atoms with E-state index in [2.05, 4.69) is 20.5 Å². The molecule has 2 rings (SSSR count). The van der Waals surface area contributed by atoms with Crippen LogP contribution < -0.4 is 10.6 Å². The first-order valence-electron chi connectivity index (χ1n) is 8.68. The lowest BCUT2D eigenvalue weighted by molar-refractivity contribution is 0.0947. The van der Waals surface area contributed by atoms with Gasteiger partial charge in [-0.2, -0.15) is 0 Å². The molecule has 2 N–H and O–H groups in total.